The first-order chi connectivity index (χ1) is 16.1. The molecule has 2 aromatic heterocycles. The molecule has 4 rings (SSSR count). The van der Waals surface area contributed by atoms with Crippen molar-refractivity contribution in [3.63, 3.8) is 0 Å². The van der Waals surface area contributed by atoms with Gasteiger partial charge in [-0.25, -0.2) is 18.9 Å². The summed E-state index contributed by atoms with van der Waals surface area (Å²) in [4.78, 5) is 28.4. The van der Waals surface area contributed by atoms with E-state index >= 15 is 0 Å². The number of carbonyl (C=O) groups is 2. The largest absolute Gasteiger partial charge is 0.451 e. The zero-order chi connectivity index (χ0) is 24.5. The van der Waals surface area contributed by atoms with E-state index in [2.05, 4.69) is 15.4 Å². The van der Waals surface area contributed by atoms with Crippen molar-refractivity contribution >= 4 is 29.3 Å². The Kier molecular flexibility index (Phi) is 6.56. The summed E-state index contributed by atoms with van der Waals surface area (Å²) >= 11 is 5.77. The highest BCUT2D eigenvalue weighted by Crippen LogP contribution is 2.32. The molecule has 1 aromatic carbocycles. The summed E-state index contributed by atoms with van der Waals surface area (Å²) in [7, 11) is 0. The van der Waals surface area contributed by atoms with Gasteiger partial charge in [0.05, 0.1) is 16.3 Å². The standard InChI is InChI=1S/C22H17ClF4N4O3/c23-16-9-12(22(25,26)27)10-28-20(16)29-18(32)11-34-21(33)19-15-3-1-2-4-17(15)31(30-19)14-7-5-13(24)6-8-14/h5-10H,1-4,11H2,(H,28,29,32). The molecule has 1 amide bonds. The van der Waals surface area contributed by atoms with Crippen molar-refractivity contribution in [2.75, 3.05) is 11.9 Å². The smallest absolute Gasteiger partial charge is 0.417 e. The van der Waals surface area contributed by atoms with Crippen molar-refractivity contribution in [1.82, 2.24) is 14.8 Å². The first-order valence-electron chi connectivity index (χ1n) is 10.2. The summed E-state index contributed by atoms with van der Waals surface area (Å²) in [6.07, 6.45) is -1.09. The van der Waals surface area contributed by atoms with Gasteiger partial charge in [-0.15, -0.1) is 0 Å². The van der Waals surface area contributed by atoms with Crippen molar-refractivity contribution < 1.29 is 31.9 Å². The van der Waals surface area contributed by atoms with Crippen LogP contribution >= 0.6 is 11.6 Å². The van der Waals surface area contributed by atoms with Gasteiger partial charge in [-0.2, -0.15) is 18.3 Å². The second-order valence-electron chi connectivity index (χ2n) is 7.55. The highest BCUT2D eigenvalue weighted by Gasteiger charge is 2.32. The van der Waals surface area contributed by atoms with Gasteiger partial charge < -0.3 is 10.1 Å². The van der Waals surface area contributed by atoms with Crippen LogP contribution in [0, 0.1) is 5.82 Å². The van der Waals surface area contributed by atoms with Gasteiger partial charge in [0.15, 0.2) is 18.1 Å². The second-order valence-corrected chi connectivity index (χ2v) is 7.95. The van der Waals surface area contributed by atoms with Gasteiger partial charge in [-0.05, 0) is 56.0 Å². The van der Waals surface area contributed by atoms with Gasteiger partial charge in [0, 0.05) is 17.5 Å². The molecule has 3 aromatic rings. The number of esters is 1. The van der Waals surface area contributed by atoms with E-state index in [1.54, 1.807) is 16.8 Å². The molecule has 0 unspecified atom stereocenters. The van der Waals surface area contributed by atoms with Crippen molar-refractivity contribution in [3.05, 3.63) is 69.9 Å². The number of nitrogens with one attached hydrogen (secondary N) is 1. The summed E-state index contributed by atoms with van der Waals surface area (Å²) in [6, 6.07) is 6.29. The highest BCUT2D eigenvalue weighted by atomic mass is 35.5. The molecule has 0 saturated heterocycles. The number of alkyl halides is 3. The molecule has 12 heteroatoms. The Hall–Kier alpha value is -3.47. The average Bonchev–Trinajstić information content (AvgIpc) is 3.18. The normalized spacial score (nSPS) is 13.3. The SMILES string of the molecule is O=C(COC(=O)c1nn(-c2ccc(F)cc2)c2c1CCCC2)Nc1ncc(C(F)(F)F)cc1Cl. The van der Waals surface area contributed by atoms with Gasteiger partial charge in [-0.3, -0.25) is 4.79 Å². The van der Waals surface area contributed by atoms with Crippen LogP contribution in [0.25, 0.3) is 5.69 Å². The van der Waals surface area contributed by atoms with E-state index < -0.39 is 41.1 Å². The monoisotopic (exact) mass is 496 g/mol. The number of benzene rings is 1. The van der Waals surface area contributed by atoms with Crippen LogP contribution in [0.2, 0.25) is 5.02 Å². The number of pyridine rings is 1. The molecule has 0 spiro atoms. The maximum Gasteiger partial charge on any atom is 0.417 e. The molecule has 0 bridgehead atoms. The maximum atomic E-state index is 13.3. The third-order valence-electron chi connectivity index (χ3n) is 5.21. The Balaban J connectivity index is 1.46. The number of carbonyl (C=O) groups excluding carboxylic acids is 2. The molecular weight excluding hydrogens is 480 g/mol. The van der Waals surface area contributed by atoms with Crippen LogP contribution in [0.4, 0.5) is 23.4 Å². The number of aromatic nitrogens is 3. The van der Waals surface area contributed by atoms with E-state index in [9.17, 15) is 27.2 Å². The van der Waals surface area contributed by atoms with Crippen molar-refractivity contribution in [2.24, 2.45) is 0 Å². The summed E-state index contributed by atoms with van der Waals surface area (Å²) in [6.45, 7) is -0.726. The number of anilines is 1. The number of nitrogens with zero attached hydrogens (tertiary/aromatic N) is 3. The summed E-state index contributed by atoms with van der Waals surface area (Å²) in [5.41, 5.74) is 1.09. The molecule has 0 fully saturated rings. The van der Waals surface area contributed by atoms with E-state index in [4.69, 9.17) is 16.3 Å². The Labute approximate surface area is 195 Å². The molecule has 2 heterocycles. The Morgan fingerprint density at radius 3 is 2.53 bits per heavy atom. The Morgan fingerprint density at radius 2 is 1.85 bits per heavy atom. The van der Waals surface area contributed by atoms with Crippen LogP contribution in [0.5, 0.6) is 0 Å². The van der Waals surface area contributed by atoms with Crippen LogP contribution < -0.4 is 5.32 Å². The molecule has 34 heavy (non-hydrogen) atoms. The number of rotatable bonds is 5. The number of hydrogen-bond donors (Lipinski definition) is 1. The first kappa shape index (κ1) is 23.7. The van der Waals surface area contributed by atoms with Crippen molar-refractivity contribution in [2.45, 2.75) is 31.9 Å². The van der Waals surface area contributed by atoms with Gasteiger partial charge in [0.2, 0.25) is 0 Å². The van der Waals surface area contributed by atoms with Crippen LogP contribution in [0.3, 0.4) is 0 Å². The van der Waals surface area contributed by atoms with Crippen molar-refractivity contribution in [1.29, 1.82) is 0 Å². The summed E-state index contributed by atoms with van der Waals surface area (Å²) in [5.74, 6) is -2.37. The molecular formula is C22H17ClF4N4O3. The minimum absolute atomic E-state index is 0.0533. The predicted molar refractivity (Wildman–Crippen MR) is 113 cm³/mol. The van der Waals surface area contributed by atoms with Crippen LogP contribution in [0.15, 0.2) is 36.5 Å². The zero-order valence-electron chi connectivity index (χ0n) is 17.5. The lowest BCUT2D eigenvalue weighted by Gasteiger charge is -2.14. The fourth-order valence-corrected chi connectivity index (χ4v) is 3.82. The molecule has 7 nitrogen and oxygen atoms in total. The third kappa shape index (κ3) is 5.04. The van der Waals surface area contributed by atoms with E-state index in [1.165, 1.54) is 12.1 Å². The summed E-state index contributed by atoms with van der Waals surface area (Å²) < 4.78 is 58.1. The Morgan fingerprint density at radius 1 is 1.15 bits per heavy atom. The van der Waals surface area contributed by atoms with Gasteiger partial charge in [0.1, 0.15) is 5.82 Å². The number of halogens is 5. The van der Waals surface area contributed by atoms with E-state index in [0.717, 1.165) is 18.5 Å². The molecule has 0 saturated carbocycles. The Bertz CT molecular complexity index is 1240. The number of amides is 1. The number of hydrogen-bond acceptors (Lipinski definition) is 5. The van der Waals surface area contributed by atoms with E-state index in [1.807, 2.05) is 0 Å². The van der Waals surface area contributed by atoms with Crippen LogP contribution in [-0.2, 0) is 28.5 Å². The number of fused-ring (bicyclic) bond motifs is 1. The highest BCUT2D eigenvalue weighted by molar-refractivity contribution is 6.33. The minimum Gasteiger partial charge on any atom is -0.451 e. The lowest BCUT2D eigenvalue weighted by molar-refractivity contribution is -0.137. The third-order valence-corrected chi connectivity index (χ3v) is 5.49. The fraction of sp³-hybridized carbons (Fsp3) is 0.273. The maximum absolute atomic E-state index is 13.3. The molecule has 0 aliphatic heterocycles. The molecule has 1 aliphatic carbocycles. The second kappa shape index (κ2) is 9.41. The molecule has 0 atom stereocenters. The topological polar surface area (TPSA) is 86.1 Å². The lowest BCUT2D eigenvalue weighted by atomic mass is 9.95. The van der Waals surface area contributed by atoms with Gasteiger partial charge in [-0.1, -0.05) is 11.6 Å². The van der Waals surface area contributed by atoms with E-state index in [-0.39, 0.29) is 11.5 Å². The van der Waals surface area contributed by atoms with E-state index in [0.29, 0.717) is 36.4 Å². The first-order valence-corrected chi connectivity index (χ1v) is 10.6. The van der Waals surface area contributed by atoms with Crippen LogP contribution in [-0.4, -0.2) is 33.2 Å². The molecule has 0 radical (unpaired) electrons. The molecule has 178 valence electrons. The fourth-order valence-electron chi connectivity index (χ4n) is 3.61. The quantitative estimate of drug-likeness (QED) is 0.407. The molecule has 1 N–H and O–H groups in total. The van der Waals surface area contributed by atoms with Crippen molar-refractivity contribution in [3.8, 4) is 5.69 Å². The lowest BCUT2D eigenvalue weighted by Crippen LogP contribution is -2.22. The predicted octanol–water partition coefficient (Wildman–Crippen LogP) is 4.75. The zero-order valence-corrected chi connectivity index (χ0v) is 18.2. The van der Waals surface area contributed by atoms with Crippen LogP contribution in [0.1, 0.15) is 40.2 Å². The van der Waals surface area contributed by atoms with Gasteiger partial charge >= 0.3 is 12.1 Å². The molecule has 1 aliphatic rings. The average molecular weight is 497 g/mol. The van der Waals surface area contributed by atoms with Gasteiger partial charge in [0.25, 0.3) is 5.91 Å². The number of ether oxygens (including phenoxy) is 1. The minimum atomic E-state index is -4.63. The summed E-state index contributed by atoms with van der Waals surface area (Å²) in [5, 5.41) is 6.14.